The largest absolute Gasteiger partial charge is 0.306 e. The summed E-state index contributed by atoms with van der Waals surface area (Å²) < 4.78 is 28.7. The van der Waals surface area contributed by atoms with Gasteiger partial charge in [-0.2, -0.15) is 0 Å². The van der Waals surface area contributed by atoms with E-state index >= 15 is 0 Å². The zero-order valence-corrected chi connectivity index (χ0v) is 14.4. The average Bonchev–Trinajstić information content (AvgIpc) is 3.03. The lowest BCUT2D eigenvalue weighted by atomic mass is 10.1. The Hall–Kier alpha value is -3.54. The molecule has 0 spiro atoms. The van der Waals surface area contributed by atoms with Crippen LogP contribution in [0.4, 0.5) is 14.6 Å². The summed E-state index contributed by atoms with van der Waals surface area (Å²) in [5.41, 5.74) is 2.85. The van der Waals surface area contributed by atoms with E-state index in [-0.39, 0.29) is 5.91 Å². The maximum Gasteiger partial charge on any atom is 0.256 e. The summed E-state index contributed by atoms with van der Waals surface area (Å²) in [6.07, 6.45) is 1.75. The van der Waals surface area contributed by atoms with Gasteiger partial charge in [-0.1, -0.05) is 23.8 Å². The van der Waals surface area contributed by atoms with Crippen molar-refractivity contribution >= 4 is 17.4 Å². The Kier molecular flexibility index (Phi) is 4.16. The van der Waals surface area contributed by atoms with Crippen molar-refractivity contribution < 1.29 is 13.6 Å². The fourth-order valence-electron chi connectivity index (χ4n) is 2.84. The summed E-state index contributed by atoms with van der Waals surface area (Å²) in [4.78, 5) is 17.2. The number of halogens is 2. The minimum absolute atomic E-state index is 0.315. The number of fused-ring (bicyclic) bond motifs is 1. The van der Waals surface area contributed by atoms with Gasteiger partial charge in [0.15, 0.2) is 11.6 Å². The standard InChI is InChI=1S/C21H15F2N3O/c1-13-5-7-14(8-6-13)21(27)25-20-19(15-9-10-16(22)17(23)12-15)24-18-4-2-3-11-26(18)20/h2-12H,1H3,(H,25,27). The number of carbonyl (C=O) groups is 1. The van der Waals surface area contributed by atoms with E-state index in [0.29, 0.717) is 28.3 Å². The molecule has 0 unspecified atom stereocenters. The molecule has 0 aliphatic rings. The first-order valence-corrected chi connectivity index (χ1v) is 8.33. The van der Waals surface area contributed by atoms with Crippen molar-refractivity contribution in [2.45, 2.75) is 6.92 Å². The van der Waals surface area contributed by atoms with Gasteiger partial charge in [0.05, 0.1) is 0 Å². The fraction of sp³-hybridized carbons (Fsp3) is 0.0476. The summed E-state index contributed by atoms with van der Waals surface area (Å²) >= 11 is 0. The lowest BCUT2D eigenvalue weighted by Gasteiger charge is -2.08. The summed E-state index contributed by atoms with van der Waals surface area (Å²) in [5, 5.41) is 2.85. The number of hydrogen-bond acceptors (Lipinski definition) is 2. The van der Waals surface area contributed by atoms with E-state index in [1.807, 2.05) is 25.1 Å². The molecule has 1 N–H and O–H groups in total. The molecule has 0 aliphatic carbocycles. The summed E-state index contributed by atoms with van der Waals surface area (Å²) in [5.74, 6) is -1.83. The van der Waals surface area contributed by atoms with E-state index in [4.69, 9.17) is 0 Å². The molecular formula is C21H15F2N3O. The quantitative estimate of drug-likeness (QED) is 0.566. The van der Waals surface area contributed by atoms with Gasteiger partial charge in [-0.3, -0.25) is 9.20 Å². The zero-order valence-electron chi connectivity index (χ0n) is 14.4. The number of benzene rings is 2. The predicted molar refractivity (Wildman–Crippen MR) is 99.7 cm³/mol. The number of nitrogens with zero attached hydrogens (tertiary/aromatic N) is 2. The van der Waals surface area contributed by atoms with Gasteiger partial charge in [-0.25, -0.2) is 13.8 Å². The maximum absolute atomic E-state index is 13.7. The molecular weight excluding hydrogens is 348 g/mol. The molecule has 134 valence electrons. The Balaban J connectivity index is 1.81. The van der Waals surface area contributed by atoms with Gasteiger partial charge in [0.1, 0.15) is 17.2 Å². The van der Waals surface area contributed by atoms with Gasteiger partial charge < -0.3 is 5.32 Å². The van der Waals surface area contributed by atoms with Gasteiger partial charge >= 0.3 is 0 Å². The van der Waals surface area contributed by atoms with Crippen LogP contribution in [-0.4, -0.2) is 15.3 Å². The molecule has 4 aromatic rings. The Morgan fingerprint density at radius 2 is 1.78 bits per heavy atom. The minimum Gasteiger partial charge on any atom is -0.306 e. The second-order valence-electron chi connectivity index (χ2n) is 6.19. The van der Waals surface area contributed by atoms with E-state index in [2.05, 4.69) is 10.3 Å². The number of anilines is 1. The monoisotopic (exact) mass is 363 g/mol. The molecule has 27 heavy (non-hydrogen) atoms. The second kappa shape index (κ2) is 6.64. The number of aromatic nitrogens is 2. The predicted octanol–water partition coefficient (Wildman–Crippen LogP) is 4.84. The molecule has 2 aromatic heterocycles. The van der Waals surface area contributed by atoms with Crippen LogP contribution in [0.25, 0.3) is 16.9 Å². The van der Waals surface area contributed by atoms with Crippen LogP contribution in [0.2, 0.25) is 0 Å². The van der Waals surface area contributed by atoms with Gasteiger partial charge in [-0.05, 0) is 49.4 Å². The zero-order chi connectivity index (χ0) is 19.0. The summed E-state index contributed by atoms with van der Waals surface area (Å²) in [6, 6.07) is 16.1. The molecule has 0 saturated heterocycles. The van der Waals surface area contributed by atoms with E-state index in [1.54, 1.807) is 34.9 Å². The second-order valence-corrected chi connectivity index (χ2v) is 6.19. The summed E-state index contributed by atoms with van der Waals surface area (Å²) in [7, 11) is 0. The highest BCUT2D eigenvalue weighted by Gasteiger charge is 2.18. The molecule has 2 heterocycles. The average molecular weight is 363 g/mol. The molecule has 1 amide bonds. The van der Waals surface area contributed by atoms with E-state index < -0.39 is 11.6 Å². The van der Waals surface area contributed by atoms with Crippen molar-refractivity contribution in [1.82, 2.24) is 9.38 Å². The van der Waals surface area contributed by atoms with Crippen LogP contribution in [-0.2, 0) is 0 Å². The van der Waals surface area contributed by atoms with Crippen molar-refractivity contribution in [3.8, 4) is 11.3 Å². The van der Waals surface area contributed by atoms with Crippen LogP contribution in [0.1, 0.15) is 15.9 Å². The van der Waals surface area contributed by atoms with Crippen LogP contribution >= 0.6 is 0 Å². The molecule has 0 fully saturated rings. The third-order valence-corrected chi connectivity index (χ3v) is 4.27. The lowest BCUT2D eigenvalue weighted by molar-refractivity contribution is 0.102. The fourth-order valence-corrected chi connectivity index (χ4v) is 2.84. The van der Waals surface area contributed by atoms with E-state index in [0.717, 1.165) is 17.7 Å². The highest BCUT2D eigenvalue weighted by atomic mass is 19.2. The van der Waals surface area contributed by atoms with Crippen LogP contribution in [0, 0.1) is 18.6 Å². The highest BCUT2D eigenvalue weighted by molar-refractivity contribution is 6.05. The molecule has 0 aliphatic heterocycles. The van der Waals surface area contributed by atoms with E-state index in [1.165, 1.54) is 6.07 Å². The van der Waals surface area contributed by atoms with Gasteiger partial charge in [0, 0.05) is 17.3 Å². The van der Waals surface area contributed by atoms with Crippen LogP contribution in [0.15, 0.2) is 66.9 Å². The molecule has 0 atom stereocenters. The number of carbonyl (C=O) groups excluding carboxylic acids is 1. The third kappa shape index (κ3) is 3.17. The van der Waals surface area contributed by atoms with Crippen molar-refractivity contribution in [1.29, 1.82) is 0 Å². The number of rotatable bonds is 3. The Bertz CT molecular complexity index is 1150. The smallest absolute Gasteiger partial charge is 0.256 e. The molecule has 4 rings (SSSR count). The molecule has 2 aromatic carbocycles. The molecule has 0 bridgehead atoms. The van der Waals surface area contributed by atoms with Crippen LogP contribution in [0.5, 0.6) is 0 Å². The van der Waals surface area contributed by atoms with Crippen LogP contribution < -0.4 is 5.32 Å². The molecule has 6 heteroatoms. The van der Waals surface area contributed by atoms with Gasteiger partial charge in [-0.15, -0.1) is 0 Å². The van der Waals surface area contributed by atoms with Crippen molar-refractivity contribution in [2.24, 2.45) is 0 Å². The molecule has 0 radical (unpaired) electrons. The number of imidazole rings is 1. The SMILES string of the molecule is Cc1ccc(C(=O)Nc2c(-c3ccc(F)c(F)c3)nc3ccccn23)cc1. The number of amides is 1. The number of pyridine rings is 1. The number of nitrogens with one attached hydrogen (secondary N) is 1. The first-order chi connectivity index (χ1) is 13.0. The Morgan fingerprint density at radius 1 is 1.00 bits per heavy atom. The van der Waals surface area contributed by atoms with Crippen molar-refractivity contribution in [2.75, 3.05) is 5.32 Å². The maximum atomic E-state index is 13.7. The third-order valence-electron chi connectivity index (χ3n) is 4.27. The van der Waals surface area contributed by atoms with Gasteiger partial charge in [0.2, 0.25) is 0 Å². The van der Waals surface area contributed by atoms with Crippen molar-refractivity contribution in [3.05, 3.63) is 89.6 Å². The Morgan fingerprint density at radius 3 is 2.52 bits per heavy atom. The molecule has 4 nitrogen and oxygen atoms in total. The minimum atomic E-state index is -0.972. The topological polar surface area (TPSA) is 46.4 Å². The normalized spacial score (nSPS) is 10.9. The van der Waals surface area contributed by atoms with Crippen molar-refractivity contribution in [3.63, 3.8) is 0 Å². The number of aryl methyl sites for hydroxylation is 1. The Labute approximate surface area is 154 Å². The molecule has 0 saturated carbocycles. The first-order valence-electron chi connectivity index (χ1n) is 8.33. The lowest BCUT2D eigenvalue weighted by Crippen LogP contribution is -2.14. The number of hydrogen-bond donors (Lipinski definition) is 1. The van der Waals surface area contributed by atoms with Gasteiger partial charge in [0.25, 0.3) is 5.91 Å². The first kappa shape index (κ1) is 16.9. The highest BCUT2D eigenvalue weighted by Crippen LogP contribution is 2.30. The van der Waals surface area contributed by atoms with Crippen LogP contribution in [0.3, 0.4) is 0 Å². The van der Waals surface area contributed by atoms with E-state index in [9.17, 15) is 13.6 Å². The summed E-state index contributed by atoms with van der Waals surface area (Å²) in [6.45, 7) is 1.94.